The zero-order valence-corrected chi connectivity index (χ0v) is 14.8. The van der Waals surface area contributed by atoms with Crippen molar-refractivity contribution in [2.45, 2.75) is 27.7 Å². The largest absolute Gasteiger partial charge is 0.507 e. The van der Waals surface area contributed by atoms with Crippen molar-refractivity contribution in [2.75, 3.05) is 5.32 Å². The Morgan fingerprint density at radius 1 is 1.04 bits per heavy atom. The SMILES string of the molecule is Cc1cc(O)c(-c2cc(C(=O)Nc3cccc(C)c3C)[nH]n2)cc1C. The molecule has 0 aliphatic carbocycles. The van der Waals surface area contributed by atoms with E-state index >= 15 is 0 Å². The molecule has 0 spiro atoms. The fraction of sp³-hybridized carbons (Fsp3) is 0.200. The average molecular weight is 335 g/mol. The zero-order chi connectivity index (χ0) is 18.1. The molecule has 0 atom stereocenters. The number of aromatic hydroxyl groups is 1. The molecule has 5 heteroatoms. The molecule has 1 amide bonds. The maximum absolute atomic E-state index is 12.5. The van der Waals surface area contributed by atoms with Gasteiger partial charge in [0.1, 0.15) is 11.4 Å². The molecular weight excluding hydrogens is 314 g/mol. The quantitative estimate of drug-likeness (QED) is 0.669. The van der Waals surface area contributed by atoms with E-state index in [0.717, 1.165) is 27.9 Å². The van der Waals surface area contributed by atoms with Gasteiger partial charge < -0.3 is 10.4 Å². The molecule has 1 heterocycles. The molecule has 25 heavy (non-hydrogen) atoms. The standard InChI is InChI=1S/C20H21N3O2/c1-11-6-5-7-16(14(11)4)21-20(25)18-10-17(22-23-18)15-8-12(2)13(3)9-19(15)24/h5-10,24H,1-4H3,(H,21,25)(H,22,23). The maximum Gasteiger partial charge on any atom is 0.273 e. The normalized spacial score (nSPS) is 10.7. The van der Waals surface area contributed by atoms with Crippen LogP contribution in [0.3, 0.4) is 0 Å². The maximum atomic E-state index is 12.5. The van der Waals surface area contributed by atoms with Crippen LogP contribution in [0.2, 0.25) is 0 Å². The number of aryl methyl sites for hydroxylation is 3. The van der Waals surface area contributed by atoms with Crippen LogP contribution in [0.4, 0.5) is 5.69 Å². The minimum atomic E-state index is -0.268. The van der Waals surface area contributed by atoms with E-state index in [2.05, 4.69) is 15.5 Å². The number of rotatable bonds is 3. The van der Waals surface area contributed by atoms with Gasteiger partial charge in [0.05, 0.1) is 5.69 Å². The third-order valence-electron chi connectivity index (χ3n) is 4.56. The van der Waals surface area contributed by atoms with Gasteiger partial charge in [0.15, 0.2) is 0 Å². The summed E-state index contributed by atoms with van der Waals surface area (Å²) in [7, 11) is 0. The Hall–Kier alpha value is -3.08. The minimum Gasteiger partial charge on any atom is -0.507 e. The fourth-order valence-corrected chi connectivity index (χ4v) is 2.66. The van der Waals surface area contributed by atoms with Crippen LogP contribution in [-0.2, 0) is 0 Å². The van der Waals surface area contributed by atoms with Crippen LogP contribution < -0.4 is 5.32 Å². The van der Waals surface area contributed by atoms with Crippen molar-refractivity contribution in [3.8, 4) is 17.0 Å². The molecule has 3 rings (SSSR count). The number of hydrogen-bond donors (Lipinski definition) is 3. The number of hydrogen-bond acceptors (Lipinski definition) is 3. The molecule has 0 aliphatic heterocycles. The summed E-state index contributed by atoms with van der Waals surface area (Å²) in [5.41, 5.74) is 6.45. The second kappa shape index (κ2) is 6.43. The average Bonchev–Trinajstić information content (AvgIpc) is 3.05. The lowest BCUT2D eigenvalue weighted by Crippen LogP contribution is -2.13. The van der Waals surface area contributed by atoms with Gasteiger partial charge in [-0.15, -0.1) is 0 Å². The Morgan fingerprint density at radius 3 is 2.52 bits per heavy atom. The van der Waals surface area contributed by atoms with Gasteiger partial charge in [-0.3, -0.25) is 9.89 Å². The molecule has 1 aromatic heterocycles. The number of nitrogens with one attached hydrogen (secondary N) is 2. The smallest absolute Gasteiger partial charge is 0.273 e. The predicted octanol–water partition coefficient (Wildman–Crippen LogP) is 4.27. The van der Waals surface area contributed by atoms with E-state index in [4.69, 9.17) is 0 Å². The lowest BCUT2D eigenvalue weighted by atomic mass is 10.0. The summed E-state index contributed by atoms with van der Waals surface area (Å²) >= 11 is 0. The van der Waals surface area contributed by atoms with E-state index in [9.17, 15) is 9.90 Å². The molecule has 0 bridgehead atoms. The molecule has 0 saturated heterocycles. The number of amides is 1. The highest BCUT2D eigenvalue weighted by atomic mass is 16.3. The lowest BCUT2D eigenvalue weighted by molar-refractivity contribution is 0.102. The Bertz CT molecular complexity index is 958. The Labute approximate surface area is 146 Å². The molecular formula is C20H21N3O2. The fourth-order valence-electron chi connectivity index (χ4n) is 2.66. The number of carbonyl (C=O) groups excluding carboxylic acids is 1. The predicted molar refractivity (Wildman–Crippen MR) is 99.0 cm³/mol. The number of carbonyl (C=O) groups is 1. The lowest BCUT2D eigenvalue weighted by Gasteiger charge is -2.09. The first-order valence-corrected chi connectivity index (χ1v) is 8.10. The Balaban J connectivity index is 1.87. The highest BCUT2D eigenvalue weighted by Crippen LogP contribution is 2.31. The summed E-state index contributed by atoms with van der Waals surface area (Å²) in [4.78, 5) is 12.5. The van der Waals surface area contributed by atoms with Crippen molar-refractivity contribution in [3.05, 3.63) is 64.3 Å². The minimum absolute atomic E-state index is 0.149. The number of H-pyrrole nitrogens is 1. The first-order valence-electron chi connectivity index (χ1n) is 8.10. The summed E-state index contributed by atoms with van der Waals surface area (Å²) in [5.74, 6) is -0.119. The van der Waals surface area contributed by atoms with Crippen LogP contribution in [0.15, 0.2) is 36.4 Å². The topological polar surface area (TPSA) is 78.0 Å². The molecule has 0 saturated carbocycles. The first-order chi connectivity index (χ1) is 11.9. The third kappa shape index (κ3) is 3.26. The summed E-state index contributed by atoms with van der Waals surface area (Å²) in [6.07, 6.45) is 0. The molecule has 3 aromatic rings. The van der Waals surface area contributed by atoms with Crippen molar-refractivity contribution in [1.82, 2.24) is 10.2 Å². The van der Waals surface area contributed by atoms with Crippen molar-refractivity contribution >= 4 is 11.6 Å². The highest BCUT2D eigenvalue weighted by Gasteiger charge is 2.15. The summed E-state index contributed by atoms with van der Waals surface area (Å²) in [5, 5.41) is 20.0. The molecule has 0 radical (unpaired) electrons. The highest BCUT2D eigenvalue weighted by molar-refractivity contribution is 6.04. The van der Waals surface area contributed by atoms with E-state index in [1.807, 2.05) is 52.0 Å². The van der Waals surface area contributed by atoms with E-state index in [0.29, 0.717) is 17.0 Å². The van der Waals surface area contributed by atoms with Gasteiger partial charge >= 0.3 is 0 Å². The van der Waals surface area contributed by atoms with Gasteiger partial charge in [-0.05, 0) is 74.2 Å². The number of benzene rings is 2. The van der Waals surface area contributed by atoms with Gasteiger partial charge in [0.25, 0.3) is 5.91 Å². The van der Waals surface area contributed by atoms with Gasteiger partial charge in [-0.1, -0.05) is 12.1 Å². The number of phenols is 1. The summed E-state index contributed by atoms with van der Waals surface area (Å²) < 4.78 is 0. The molecule has 5 nitrogen and oxygen atoms in total. The Morgan fingerprint density at radius 2 is 1.76 bits per heavy atom. The van der Waals surface area contributed by atoms with E-state index < -0.39 is 0 Å². The number of anilines is 1. The van der Waals surface area contributed by atoms with Crippen molar-refractivity contribution in [1.29, 1.82) is 0 Å². The van der Waals surface area contributed by atoms with E-state index in [1.165, 1.54) is 0 Å². The van der Waals surface area contributed by atoms with Gasteiger partial charge in [-0.2, -0.15) is 5.10 Å². The molecule has 0 aliphatic rings. The monoisotopic (exact) mass is 335 g/mol. The van der Waals surface area contributed by atoms with Crippen LogP contribution in [-0.4, -0.2) is 21.2 Å². The Kier molecular flexibility index (Phi) is 4.31. The molecule has 2 aromatic carbocycles. The summed E-state index contributed by atoms with van der Waals surface area (Å²) in [6.45, 7) is 7.88. The van der Waals surface area contributed by atoms with Crippen molar-refractivity contribution in [3.63, 3.8) is 0 Å². The number of nitrogens with zero attached hydrogens (tertiary/aromatic N) is 1. The first kappa shape index (κ1) is 16.8. The molecule has 128 valence electrons. The van der Waals surface area contributed by atoms with Gasteiger partial charge in [-0.25, -0.2) is 0 Å². The van der Waals surface area contributed by atoms with Crippen LogP contribution in [0.25, 0.3) is 11.3 Å². The number of aromatic nitrogens is 2. The van der Waals surface area contributed by atoms with Crippen molar-refractivity contribution in [2.24, 2.45) is 0 Å². The van der Waals surface area contributed by atoms with E-state index in [-0.39, 0.29) is 11.7 Å². The van der Waals surface area contributed by atoms with E-state index in [1.54, 1.807) is 12.1 Å². The molecule has 0 unspecified atom stereocenters. The van der Waals surface area contributed by atoms with Crippen LogP contribution in [0.5, 0.6) is 5.75 Å². The number of aromatic amines is 1. The second-order valence-corrected chi connectivity index (χ2v) is 6.32. The van der Waals surface area contributed by atoms with Gasteiger partial charge in [0, 0.05) is 11.3 Å². The van der Waals surface area contributed by atoms with Crippen LogP contribution in [0.1, 0.15) is 32.7 Å². The molecule has 0 fully saturated rings. The van der Waals surface area contributed by atoms with Crippen molar-refractivity contribution < 1.29 is 9.90 Å². The third-order valence-corrected chi connectivity index (χ3v) is 4.56. The molecule has 3 N–H and O–H groups in total. The van der Waals surface area contributed by atoms with Crippen LogP contribution >= 0.6 is 0 Å². The van der Waals surface area contributed by atoms with Crippen LogP contribution in [0, 0.1) is 27.7 Å². The second-order valence-electron chi connectivity index (χ2n) is 6.32. The van der Waals surface area contributed by atoms with Gasteiger partial charge in [0.2, 0.25) is 0 Å². The number of phenolic OH excluding ortho intramolecular Hbond substituents is 1. The summed E-state index contributed by atoms with van der Waals surface area (Å²) in [6, 6.07) is 11.0. The zero-order valence-electron chi connectivity index (χ0n) is 14.8.